The Morgan fingerprint density at radius 3 is 2.83 bits per heavy atom. The number of hydrogen-bond acceptors (Lipinski definition) is 4. The number of amides is 2. The zero-order chi connectivity index (χ0) is 16.2. The van der Waals surface area contributed by atoms with E-state index in [0.717, 1.165) is 51.4 Å². The molecule has 0 radical (unpaired) electrons. The molecule has 0 bridgehead atoms. The van der Waals surface area contributed by atoms with Gasteiger partial charge in [-0.25, -0.2) is 4.79 Å². The van der Waals surface area contributed by atoms with Crippen LogP contribution in [0.15, 0.2) is 6.33 Å². The predicted molar refractivity (Wildman–Crippen MR) is 88.2 cm³/mol. The van der Waals surface area contributed by atoms with Crippen molar-refractivity contribution in [2.24, 2.45) is 7.05 Å². The molecule has 0 saturated carbocycles. The molecule has 2 saturated heterocycles. The largest absolute Gasteiger partial charge is 0.336 e. The number of carbonyl (C=O) groups excluding carboxylic acids is 1. The first-order valence-electron chi connectivity index (χ1n) is 8.76. The van der Waals surface area contributed by atoms with Crippen molar-refractivity contribution in [3.63, 3.8) is 0 Å². The van der Waals surface area contributed by atoms with E-state index in [4.69, 9.17) is 0 Å². The standard InChI is InChI=1S/C16H28N6O/c1-13(21-7-3-4-8-21)10-17-16(23)22-9-5-6-14(11-22)15-19-18-12-20(15)2/h12-14H,3-11H2,1-2H3,(H,17,23)/t13-,14-/m0/s1. The van der Waals surface area contributed by atoms with Crippen LogP contribution in [0.2, 0.25) is 0 Å². The van der Waals surface area contributed by atoms with E-state index in [-0.39, 0.29) is 11.9 Å². The monoisotopic (exact) mass is 320 g/mol. The molecule has 0 aromatic carbocycles. The van der Waals surface area contributed by atoms with Crippen LogP contribution in [0, 0.1) is 0 Å². The van der Waals surface area contributed by atoms with Gasteiger partial charge in [0.05, 0.1) is 0 Å². The van der Waals surface area contributed by atoms with E-state index in [1.165, 1.54) is 12.8 Å². The number of nitrogens with zero attached hydrogens (tertiary/aromatic N) is 5. The molecule has 2 fully saturated rings. The molecule has 1 N–H and O–H groups in total. The van der Waals surface area contributed by atoms with Gasteiger partial charge in [0, 0.05) is 38.6 Å². The quantitative estimate of drug-likeness (QED) is 0.905. The van der Waals surface area contributed by atoms with Gasteiger partial charge in [-0.1, -0.05) is 0 Å². The lowest BCUT2D eigenvalue weighted by Crippen LogP contribution is -2.48. The third kappa shape index (κ3) is 3.83. The number of nitrogens with one attached hydrogen (secondary N) is 1. The summed E-state index contributed by atoms with van der Waals surface area (Å²) in [5, 5.41) is 11.3. The first kappa shape index (κ1) is 16.2. The van der Waals surface area contributed by atoms with Crippen molar-refractivity contribution in [1.82, 2.24) is 29.9 Å². The average Bonchev–Trinajstić information content (AvgIpc) is 3.24. The molecule has 128 valence electrons. The lowest BCUT2D eigenvalue weighted by molar-refractivity contribution is 0.172. The topological polar surface area (TPSA) is 66.3 Å². The van der Waals surface area contributed by atoms with Crippen LogP contribution in [0.5, 0.6) is 0 Å². The van der Waals surface area contributed by atoms with Crippen LogP contribution in [-0.2, 0) is 7.05 Å². The Balaban J connectivity index is 1.50. The van der Waals surface area contributed by atoms with E-state index >= 15 is 0 Å². The first-order valence-corrected chi connectivity index (χ1v) is 8.76. The maximum atomic E-state index is 12.5. The highest BCUT2D eigenvalue weighted by Crippen LogP contribution is 2.24. The number of likely N-dealkylation sites (tertiary alicyclic amines) is 2. The lowest BCUT2D eigenvalue weighted by Gasteiger charge is -2.33. The summed E-state index contributed by atoms with van der Waals surface area (Å²) in [6, 6.07) is 0.476. The maximum Gasteiger partial charge on any atom is 0.317 e. The molecule has 2 amide bonds. The molecule has 23 heavy (non-hydrogen) atoms. The molecule has 7 nitrogen and oxygen atoms in total. The van der Waals surface area contributed by atoms with Crippen molar-refractivity contribution in [1.29, 1.82) is 0 Å². The fourth-order valence-corrected chi connectivity index (χ4v) is 3.69. The molecule has 1 aromatic rings. The van der Waals surface area contributed by atoms with Crippen molar-refractivity contribution < 1.29 is 4.79 Å². The number of aromatic nitrogens is 3. The first-order chi connectivity index (χ1) is 11.1. The second kappa shape index (κ2) is 7.29. The fourth-order valence-electron chi connectivity index (χ4n) is 3.69. The fraction of sp³-hybridized carbons (Fsp3) is 0.812. The summed E-state index contributed by atoms with van der Waals surface area (Å²) in [6.45, 7) is 6.81. The normalized spacial score (nSPS) is 23.9. The Morgan fingerprint density at radius 2 is 2.13 bits per heavy atom. The molecular formula is C16H28N6O. The highest BCUT2D eigenvalue weighted by molar-refractivity contribution is 5.74. The van der Waals surface area contributed by atoms with Crippen LogP contribution >= 0.6 is 0 Å². The van der Waals surface area contributed by atoms with Gasteiger partial charge in [0.25, 0.3) is 0 Å². The van der Waals surface area contributed by atoms with E-state index < -0.39 is 0 Å². The number of urea groups is 1. The number of carbonyl (C=O) groups is 1. The lowest BCUT2D eigenvalue weighted by atomic mass is 9.97. The molecular weight excluding hydrogens is 292 g/mol. The summed E-state index contributed by atoms with van der Waals surface area (Å²) < 4.78 is 1.96. The highest BCUT2D eigenvalue weighted by atomic mass is 16.2. The summed E-state index contributed by atoms with van der Waals surface area (Å²) >= 11 is 0. The van der Waals surface area contributed by atoms with Crippen LogP contribution in [0.25, 0.3) is 0 Å². The minimum absolute atomic E-state index is 0.0583. The third-order valence-corrected chi connectivity index (χ3v) is 5.13. The van der Waals surface area contributed by atoms with Crippen molar-refractivity contribution >= 4 is 6.03 Å². The van der Waals surface area contributed by atoms with Gasteiger partial charge in [0.15, 0.2) is 0 Å². The van der Waals surface area contributed by atoms with E-state index in [0.29, 0.717) is 6.04 Å². The predicted octanol–water partition coefficient (Wildman–Crippen LogP) is 1.19. The van der Waals surface area contributed by atoms with Crippen LogP contribution < -0.4 is 5.32 Å². The summed E-state index contributed by atoms with van der Waals surface area (Å²) in [4.78, 5) is 16.9. The smallest absolute Gasteiger partial charge is 0.317 e. The van der Waals surface area contributed by atoms with Gasteiger partial charge in [-0.05, 0) is 45.7 Å². The Labute approximate surface area is 138 Å². The van der Waals surface area contributed by atoms with E-state index in [1.807, 2.05) is 16.5 Å². The summed E-state index contributed by atoms with van der Waals surface area (Å²) in [7, 11) is 1.96. The van der Waals surface area contributed by atoms with Crippen LogP contribution in [-0.4, -0.2) is 69.4 Å². The molecule has 2 atom stereocenters. The van der Waals surface area contributed by atoms with E-state index in [9.17, 15) is 4.79 Å². The molecule has 3 heterocycles. The maximum absolute atomic E-state index is 12.5. The van der Waals surface area contributed by atoms with Gasteiger partial charge >= 0.3 is 6.03 Å². The minimum atomic E-state index is 0.0583. The zero-order valence-corrected chi connectivity index (χ0v) is 14.2. The SMILES string of the molecule is C[C@@H](CNC(=O)N1CCC[C@H](c2nncn2C)C1)N1CCCC1. The Kier molecular flexibility index (Phi) is 5.15. The van der Waals surface area contributed by atoms with E-state index in [1.54, 1.807) is 6.33 Å². The summed E-state index contributed by atoms with van der Waals surface area (Å²) in [6.07, 6.45) is 6.38. The van der Waals surface area contributed by atoms with Gasteiger partial charge in [0.2, 0.25) is 0 Å². The highest BCUT2D eigenvalue weighted by Gasteiger charge is 2.28. The molecule has 0 spiro atoms. The van der Waals surface area contributed by atoms with Crippen molar-refractivity contribution in [3.05, 3.63) is 12.2 Å². The van der Waals surface area contributed by atoms with Crippen LogP contribution in [0.1, 0.15) is 44.3 Å². The van der Waals surface area contributed by atoms with Gasteiger partial charge in [0.1, 0.15) is 12.2 Å². The summed E-state index contributed by atoms with van der Waals surface area (Å²) in [5.41, 5.74) is 0. The van der Waals surface area contributed by atoms with E-state index in [2.05, 4.69) is 27.3 Å². The van der Waals surface area contributed by atoms with Crippen molar-refractivity contribution in [2.45, 2.75) is 44.6 Å². The zero-order valence-electron chi connectivity index (χ0n) is 14.2. The molecule has 0 unspecified atom stereocenters. The number of rotatable bonds is 4. The molecule has 3 rings (SSSR count). The molecule has 1 aromatic heterocycles. The van der Waals surface area contributed by atoms with Crippen molar-refractivity contribution in [2.75, 3.05) is 32.7 Å². The Morgan fingerprint density at radius 1 is 1.35 bits per heavy atom. The molecule has 2 aliphatic heterocycles. The van der Waals surface area contributed by atoms with Gasteiger partial charge < -0.3 is 14.8 Å². The minimum Gasteiger partial charge on any atom is -0.336 e. The average molecular weight is 320 g/mol. The second-order valence-electron chi connectivity index (χ2n) is 6.86. The Hall–Kier alpha value is -1.63. The van der Waals surface area contributed by atoms with Crippen LogP contribution in [0.3, 0.4) is 0 Å². The van der Waals surface area contributed by atoms with Gasteiger partial charge in [-0.3, -0.25) is 4.90 Å². The number of aryl methyl sites for hydroxylation is 1. The number of hydrogen-bond donors (Lipinski definition) is 1. The molecule has 2 aliphatic rings. The molecule has 0 aliphatic carbocycles. The summed E-state index contributed by atoms with van der Waals surface area (Å²) in [5.74, 6) is 1.27. The van der Waals surface area contributed by atoms with Crippen molar-refractivity contribution in [3.8, 4) is 0 Å². The Bertz CT molecular complexity index is 524. The second-order valence-corrected chi connectivity index (χ2v) is 6.86. The number of piperidine rings is 1. The molecule has 7 heteroatoms. The van der Waals surface area contributed by atoms with Crippen LogP contribution in [0.4, 0.5) is 4.79 Å². The van der Waals surface area contributed by atoms with Gasteiger partial charge in [-0.2, -0.15) is 0 Å². The third-order valence-electron chi connectivity index (χ3n) is 5.13. The van der Waals surface area contributed by atoms with Gasteiger partial charge in [-0.15, -0.1) is 10.2 Å².